The van der Waals surface area contributed by atoms with Crippen LogP contribution in [0.1, 0.15) is 34.8 Å². The van der Waals surface area contributed by atoms with E-state index < -0.39 is 0 Å². The van der Waals surface area contributed by atoms with E-state index in [-0.39, 0.29) is 11.9 Å². The van der Waals surface area contributed by atoms with Crippen LogP contribution in [0.2, 0.25) is 0 Å². The second-order valence-corrected chi connectivity index (χ2v) is 7.06. The molecule has 0 bridgehead atoms. The summed E-state index contributed by atoms with van der Waals surface area (Å²) < 4.78 is 0. The summed E-state index contributed by atoms with van der Waals surface area (Å²) in [7, 11) is 0. The van der Waals surface area contributed by atoms with Crippen molar-refractivity contribution in [2.75, 3.05) is 4.90 Å². The molecule has 0 aliphatic rings. The number of anilines is 1. The summed E-state index contributed by atoms with van der Waals surface area (Å²) in [4.78, 5) is 28.7. The molecule has 2 heterocycles. The average molecular weight is 352 g/mol. The number of para-hydroxylation sites is 1. The zero-order valence-electron chi connectivity index (χ0n) is 14.7. The Kier molecular flexibility index (Phi) is 4.90. The maximum absolute atomic E-state index is 13.3. The van der Waals surface area contributed by atoms with E-state index in [4.69, 9.17) is 0 Å². The van der Waals surface area contributed by atoms with Crippen LogP contribution < -0.4 is 4.90 Å². The largest absolute Gasteiger partial charge is 0.305 e. The number of rotatable bonds is 4. The van der Waals surface area contributed by atoms with E-state index in [0.717, 1.165) is 11.3 Å². The number of carbonyl (C=O) groups is 1. The van der Waals surface area contributed by atoms with E-state index in [1.165, 1.54) is 11.3 Å². The Labute approximate surface area is 151 Å². The van der Waals surface area contributed by atoms with Crippen molar-refractivity contribution in [3.05, 3.63) is 58.9 Å². The zero-order chi connectivity index (χ0) is 18.0. The molecule has 5 nitrogen and oxygen atoms in total. The van der Waals surface area contributed by atoms with Gasteiger partial charge in [0.1, 0.15) is 4.88 Å². The lowest BCUT2D eigenvalue weighted by atomic mass is 10.1. The lowest BCUT2D eigenvalue weighted by molar-refractivity contribution is 0.0983. The van der Waals surface area contributed by atoms with Gasteiger partial charge in [0.15, 0.2) is 10.8 Å². The van der Waals surface area contributed by atoms with E-state index in [1.807, 2.05) is 56.9 Å². The number of aromatic nitrogens is 3. The Morgan fingerprint density at radius 3 is 2.40 bits per heavy atom. The molecule has 0 saturated heterocycles. The van der Waals surface area contributed by atoms with Gasteiger partial charge in [-0.1, -0.05) is 18.2 Å². The molecule has 6 heteroatoms. The van der Waals surface area contributed by atoms with Crippen LogP contribution >= 0.6 is 11.3 Å². The first-order valence-electron chi connectivity index (χ1n) is 8.13. The van der Waals surface area contributed by atoms with Crippen LogP contribution in [-0.2, 0) is 0 Å². The van der Waals surface area contributed by atoms with Gasteiger partial charge in [0.25, 0.3) is 5.91 Å². The van der Waals surface area contributed by atoms with Crippen molar-refractivity contribution >= 4 is 22.9 Å². The van der Waals surface area contributed by atoms with Crippen LogP contribution in [-0.4, -0.2) is 26.9 Å². The van der Waals surface area contributed by atoms with Gasteiger partial charge in [-0.3, -0.25) is 4.79 Å². The van der Waals surface area contributed by atoms with E-state index >= 15 is 0 Å². The van der Waals surface area contributed by atoms with Crippen molar-refractivity contribution in [1.29, 1.82) is 0 Å². The van der Waals surface area contributed by atoms with Crippen molar-refractivity contribution in [1.82, 2.24) is 15.0 Å². The number of aryl methyl sites for hydroxylation is 2. The fraction of sp³-hybridized carbons (Fsp3) is 0.263. The zero-order valence-corrected chi connectivity index (χ0v) is 15.5. The highest BCUT2D eigenvalue weighted by Gasteiger charge is 2.26. The number of hydrogen-bond acceptors (Lipinski definition) is 5. The van der Waals surface area contributed by atoms with Crippen molar-refractivity contribution in [3.63, 3.8) is 0 Å². The molecule has 25 heavy (non-hydrogen) atoms. The molecule has 0 radical (unpaired) electrons. The topological polar surface area (TPSA) is 59.0 Å². The van der Waals surface area contributed by atoms with Crippen molar-refractivity contribution in [2.24, 2.45) is 0 Å². The molecular weight excluding hydrogens is 332 g/mol. The minimum atomic E-state index is -0.0403. The Morgan fingerprint density at radius 1 is 1.08 bits per heavy atom. The van der Waals surface area contributed by atoms with Crippen LogP contribution in [0.15, 0.2) is 42.7 Å². The summed E-state index contributed by atoms with van der Waals surface area (Å²) in [6.07, 6.45) is 3.35. The third kappa shape index (κ3) is 3.44. The first-order chi connectivity index (χ1) is 12.0. The Bertz CT molecular complexity index is 889. The van der Waals surface area contributed by atoms with Gasteiger partial charge in [-0.2, -0.15) is 0 Å². The van der Waals surface area contributed by atoms with Crippen LogP contribution in [0.25, 0.3) is 10.8 Å². The number of carbonyl (C=O) groups excluding carboxylic acids is 1. The third-order valence-electron chi connectivity index (χ3n) is 3.86. The maximum Gasteiger partial charge on any atom is 0.270 e. The van der Waals surface area contributed by atoms with E-state index in [2.05, 4.69) is 15.0 Å². The first kappa shape index (κ1) is 17.2. The fourth-order valence-corrected chi connectivity index (χ4v) is 3.62. The van der Waals surface area contributed by atoms with Gasteiger partial charge in [-0.05, 0) is 45.4 Å². The number of amides is 1. The first-order valence-corrected chi connectivity index (χ1v) is 8.94. The van der Waals surface area contributed by atoms with Crippen LogP contribution in [0, 0.1) is 13.8 Å². The molecule has 0 aliphatic carbocycles. The molecule has 3 aromatic rings. The molecule has 1 aromatic carbocycles. The molecule has 0 N–H and O–H groups in total. The fourth-order valence-electron chi connectivity index (χ4n) is 2.67. The lowest BCUT2D eigenvalue weighted by Crippen LogP contribution is -2.37. The monoisotopic (exact) mass is 352 g/mol. The number of thiazole rings is 1. The summed E-state index contributed by atoms with van der Waals surface area (Å²) >= 11 is 1.34. The van der Waals surface area contributed by atoms with Crippen LogP contribution in [0.4, 0.5) is 5.69 Å². The molecule has 0 unspecified atom stereocenters. The molecule has 1 amide bonds. The van der Waals surface area contributed by atoms with E-state index in [9.17, 15) is 4.79 Å². The highest BCUT2D eigenvalue weighted by Crippen LogP contribution is 2.30. The standard InChI is InChI=1S/C19H20N4OS/c1-12(2)23(15-9-6-5-8-13(15)3)19(24)16-14(4)22-18(25-16)17-20-10-7-11-21-17/h5-12H,1-4H3. The maximum atomic E-state index is 13.3. The Balaban J connectivity index is 2.02. The second-order valence-electron chi connectivity index (χ2n) is 6.06. The summed E-state index contributed by atoms with van der Waals surface area (Å²) in [5.74, 6) is 0.503. The second kappa shape index (κ2) is 7.11. The van der Waals surface area contributed by atoms with Gasteiger partial charge in [-0.25, -0.2) is 15.0 Å². The molecule has 3 rings (SSSR count). The molecule has 2 aromatic heterocycles. The summed E-state index contributed by atoms with van der Waals surface area (Å²) in [5.41, 5.74) is 2.70. The molecule has 0 saturated carbocycles. The van der Waals surface area contributed by atoms with Crippen molar-refractivity contribution < 1.29 is 4.79 Å². The molecule has 0 spiro atoms. The highest BCUT2D eigenvalue weighted by atomic mass is 32.1. The van der Waals surface area contributed by atoms with E-state index in [0.29, 0.717) is 21.4 Å². The normalized spacial score (nSPS) is 10.9. The smallest absolute Gasteiger partial charge is 0.270 e. The van der Waals surface area contributed by atoms with Gasteiger partial charge in [-0.15, -0.1) is 11.3 Å². The summed E-state index contributed by atoms with van der Waals surface area (Å²) in [6, 6.07) is 9.71. The van der Waals surface area contributed by atoms with Gasteiger partial charge in [0.2, 0.25) is 0 Å². The van der Waals surface area contributed by atoms with Crippen LogP contribution in [0.5, 0.6) is 0 Å². The number of hydrogen-bond donors (Lipinski definition) is 0. The molecule has 128 valence electrons. The van der Waals surface area contributed by atoms with E-state index in [1.54, 1.807) is 18.5 Å². The van der Waals surface area contributed by atoms with Crippen molar-refractivity contribution in [3.8, 4) is 10.8 Å². The predicted octanol–water partition coefficient (Wildman–Crippen LogP) is 4.27. The lowest BCUT2D eigenvalue weighted by Gasteiger charge is -2.28. The summed E-state index contributed by atoms with van der Waals surface area (Å²) in [5, 5.41) is 0.662. The third-order valence-corrected chi connectivity index (χ3v) is 5.00. The molecule has 0 fully saturated rings. The van der Waals surface area contributed by atoms with Gasteiger partial charge in [0, 0.05) is 24.1 Å². The van der Waals surface area contributed by atoms with Crippen molar-refractivity contribution in [2.45, 2.75) is 33.7 Å². The highest BCUT2D eigenvalue weighted by molar-refractivity contribution is 7.17. The number of nitrogens with zero attached hydrogens (tertiary/aromatic N) is 4. The molecule has 0 atom stereocenters. The SMILES string of the molecule is Cc1ccccc1N(C(=O)c1sc(-c2ncccn2)nc1C)C(C)C. The Morgan fingerprint density at radius 2 is 1.76 bits per heavy atom. The average Bonchev–Trinajstić information content (AvgIpc) is 2.99. The van der Waals surface area contributed by atoms with Gasteiger partial charge >= 0.3 is 0 Å². The Hall–Kier alpha value is -2.60. The minimum Gasteiger partial charge on any atom is -0.305 e. The van der Waals surface area contributed by atoms with Crippen LogP contribution in [0.3, 0.4) is 0 Å². The molecule has 0 aliphatic heterocycles. The number of benzene rings is 1. The quantitative estimate of drug-likeness (QED) is 0.703. The molecular formula is C19H20N4OS. The summed E-state index contributed by atoms with van der Waals surface area (Å²) in [6.45, 7) is 7.90. The predicted molar refractivity (Wildman–Crippen MR) is 101 cm³/mol. The minimum absolute atomic E-state index is 0.0338. The van der Waals surface area contributed by atoms with Gasteiger partial charge in [0.05, 0.1) is 5.69 Å². The van der Waals surface area contributed by atoms with Gasteiger partial charge < -0.3 is 4.90 Å².